The van der Waals surface area contributed by atoms with Crippen molar-refractivity contribution in [2.45, 2.75) is 26.7 Å². The molecule has 0 unspecified atom stereocenters. The molecule has 1 aromatic heterocycles. The van der Waals surface area contributed by atoms with E-state index in [0.29, 0.717) is 10.6 Å². The molecule has 2 aromatic rings. The molecule has 0 atom stereocenters. The number of carbonyl (C=O) groups is 1. The quantitative estimate of drug-likeness (QED) is 0.911. The zero-order valence-corrected chi connectivity index (χ0v) is 11.3. The van der Waals surface area contributed by atoms with Gasteiger partial charge >= 0.3 is 5.97 Å². The van der Waals surface area contributed by atoms with Gasteiger partial charge in [-0.1, -0.05) is 36.8 Å². The Balaban J connectivity index is 2.47. The molecule has 2 rings (SSSR count). The van der Waals surface area contributed by atoms with Crippen molar-refractivity contribution in [2.24, 2.45) is 0 Å². The van der Waals surface area contributed by atoms with Crippen LogP contribution in [0.1, 0.15) is 33.6 Å². The van der Waals surface area contributed by atoms with Crippen LogP contribution in [-0.4, -0.2) is 16.1 Å². The van der Waals surface area contributed by atoms with E-state index >= 15 is 0 Å². The second-order valence-corrected chi connectivity index (χ2v) is 5.29. The highest BCUT2D eigenvalue weighted by Gasteiger charge is 2.18. The van der Waals surface area contributed by atoms with Crippen molar-refractivity contribution in [3.63, 3.8) is 0 Å². The van der Waals surface area contributed by atoms with Crippen LogP contribution < -0.4 is 0 Å². The fourth-order valence-electron chi connectivity index (χ4n) is 1.74. The van der Waals surface area contributed by atoms with Crippen LogP contribution in [0.25, 0.3) is 11.3 Å². The summed E-state index contributed by atoms with van der Waals surface area (Å²) in [7, 11) is 0. The van der Waals surface area contributed by atoms with Crippen molar-refractivity contribution < 1.29 is 9.90 Å². The number of benzene rings is 1. The van der Waals surface area contributed by atoms with E-state index in [-0.39, 0.29) is 0 Å². The first-order valence-corrected chi connectivity index (χ1v) is 6.73. The third-order valence-electron chi connectivity index (χ3n) is 2.65. The van der Waals surface area contributed by atoms with Gasteiger partial charge in [0.25, 0.3) is 0 Å². The lowest BCUT2D eigenvalue weighted by atomic mass is 10.1. The van der Waals surface area contributed by atoms with E-state index in [1.165, 1.54) is 11.3 Å². The molecule has 0 aliphatic rings. The predicted octanol–water partition coefficient (Wildman–Crippen LogP) is 3.77. The molecule has 1 N–H and O–H groups in total. The molecule has 0 bridgehead atoms. The number of hydrogen-bond acceptors (Lipinski definition) is 3. The van der Waals surface area contributed by atoms with Gasteiger partial charge in [-0.25, -0.2) is 9.78 Å². The molecule has 0 saturated carbocycles. The molecule has 0 aliphatic heterocycles. The van der Waals surface area contributed by atoms with Crippen molar-refractivity contribution in [3.8, 4) is 11.3 Å². The average molecular weight is 261 g/mol. The summed E-state index contributed by atoms with van der Waals surface area (Å²) in [6, 6.07) is 7.79. The van der Waals surface area contributed by atoms with Crippen LogP contribution in [0.3, 0.4) is 0 Å². The Hall–Kier alpha value is -1.68. The molecule has 3 nitrogen and oxygen atoms in total. The number of carboxylic acid groups (broad SMARTS) is 1. The van der Waals surface area contributed by atoms with Gasteiger partial charge in [-0.05, 0) is 19.8 Å². The Bertz CT molecular complexity index is 558. The lowest BCUT2D eigenvalue weighted by Crippen LogP contribution is -1.95. The number of aromatic nitrogens is 1. The first kappa shape index (κ1) is 12.8. The smallest absolute Gasteiger partial charge is 0.348 e. The van der Waals surface area contributed by atoms with Crippen LogP contribution in [0, 0.1) is 6.92 Å². The van der Waals surface area contributed by atoms with Crippen LogP contribution in [0.2, 0.25) is 0 Å². The third kappa shape index (κ3) is 2.59. The van der Waals surface area contributed by atoms with Gasteiger partial charge in [0.15, 0.2) is 0 Å². The lowest BCUT2D eigenvalue weighted by molar-refractivity contribution is 0.0702. The van der Waals surface area contributed by atoms with E-state index in [4.69, 9.17) is 0 Å². The molecule has 0 radical (unpaired) electrons. The minimum Gasteiger partial charge on any atom is -0.477 e. The van der Waals surface area contributed by atoms with E-state index in [9.17, 15) is 9.90 Å². The number of thiazole rings is 1. The summed E-state index contributed by atoms with van der Waals surface area (Å²) in [6.45, 7) is 4.07. The topological polar surface area (TPSA) is 50.2 Å². The van der Waals surface area contributed by atoms with E-state index in [1.54, 1.807) is 0 Å². The Kier molecular flexibility index (Phi) is 3.77. The van der Waals surface area contributed by atoms with Crippen molar-refractivity contribution in [1.82, 2.24) is 4.98 Å². The summed E-state index contributed by atoms with van der Waals surface area (Å²) in [4.78, 5) is 16.0. The molecule has 0 aliphatic carbocycles. The predicted molar refractivity (Wildman–Crippen MR) is 73.2 cm³/mol. The van der Waals surface area contributed by atoms with Gasteiger partial charge in [0.2, 0.25) is 0 Å². The molecule has 1 heterocycles. The molecule has 0 amide bonds. The Morgan fingerprint density at radius 1 is 1.33 bits per heavy atom. The first-order valence-electron chi connectivity index (χ1n) is 5.92. The van der Waals surface area contributed by atoms with Crippen LogP contribution in [0.15, 0.2) is 24.3 Å². The Morgan fingerprint density at radius 3 is 2.56 bits per heavy atom. The van der Waals surface area contributed by atoms with Crippen molar-refractivity contribution >= 4 is 17.3 Å². The zero-order valence-electron chi connectivity index (χ0n) is 10.4. The normalized spacial score (nSPS) is 10.6. The van der Waals surface area contributed by atoms with Gasteiger partial charge in [0.05, 0.1) is 10.7 Å². The molecule has 0 saturated heterocycles. The van der Waals surface area contributed by atoms with Gasteiger partial charge < -0.3 is 5.11 Å². The summed E-state index contributed by atoms with van der Waals surface area (Å²) in [5.74, 6) is -0.898. The first-order chi connectivity index (χ1) is 8.61. The van der Waals surface area contributed by atoms with E-state index in [2.05, 4.69) is 11.9 Å². The van der Waals surface area contributed by atoms with Crippen LogP contribution in [0.4, 0.5) is 0 Å². The minimum atomic E-state index is -0.898. The van der Waals surface area contributed by atoms with Gasteiger partial charge in [-0.3, -0.25) is 0 Å². The highest BCUT2D eigenvalue weighted by Crippen LogP contribution is 2.29. The van der Waals surface area contributed by atoms with Gasteiger partial charge in [0, 0.05) is 5.56 Å². The number of nitrogens with zero attached hydrogens (tertiary/aromatic N) is 1. The van der Waals surface area contributed by atoms with Crippen molar-refractivity contribution in [3.05, 3.63) is 39.7 Å². The third-order valence-corrected chi connectivity index (χ3v) is 3.76. The van der Waals surface area contributed by atoms with E-state index in [1.807, 2.05) is 31.2 Å². The summed E-state index contributed by atoms with van der Waals surface area (Å²) in [6.07, 6.45) is 1.80. The molecule has 4 heteroatoms. The molecule has 0 fully saturated rings. The molecule has 0 spiro atoms. The average Bonchev–Trinajstić information content (AvgIpc) is 2.75. The standard InChI is InChI=1S/C14H15NO2S/c1-3-4-11-15-12(13(18-11)14(16)17)10-7-5-9(2)6-8-10/h5-8H,3-4H2,1-2H3,(H,16,17). The maximum atomic E-state index is 11.3. The molecule has 1 aromatic carbocycles. The second kappa shape index (κ2) is 5.31. The fourth-order valence-corrected chi connectivity index (χ4v) is 2.76. The van der Waals surface area contributed by atoms with E-state index in [0.717, 1.165) is 29.0 Å². The zero-order chi connectivity index (χ0) is 13.1. The van der Waals surface area contributed by atoms with Gasteiger partial charge in [-0.2, -0.15) is 0 Å². The molecular weight excluding hydrogens is 246 g/mol. The lowest BCUT2D eigenvalue weighted by Gasteiger charge is -1.99. The largest absolute Gasteiger partial charge is 0.477 e. The highest BCUT2D eigenvalue weighted by molar-refractivity contribution is 7.14. The Labute approximate surface area is 110 Å². The summed E-state index contributed by atoms with van der Waals surface area (Å²) in [5.41, 5.74) is 2.62. The number of aromatic carboxylic acids is 1. The SMILES string of the molecule is CCCc1nc(-c2ccc(C)cc2)c(C(=O)O)s1. The van der Waals surface area contributed by atoms with Gasteiger partial charge in [0.1, 0.15) is 4.88 Å². The molecular formula is C14H15NO2S. The number of rotatable bonds is 4. The summed E-state index contributed by atoms with van der Waals surface area (Å²) < 4.78 is 0. The highest BCUT2D eigenvalue weighted by atomic mass is 32.1. The van der Waals surface area contributed by atoms with Crippen molar-refractivity contribution in [2.75, 3.05) is 0 Å². The monoisotopic (exact) mass is 261 g/mol. The van der Waals surface area contributed by atoms with Crippen LogP contribution in [-0.2, 0) is 6.42 Å². The molecule has 18 heavy (non-hydrogen) atoms. The minimum absolute atomic E-state index is 0.335. The molecule has 94 valence electrons. The second-order valence-electron chi connectivity index (χ2n) is 4.21. The Morgan fingerprint density at radius 2 is 2.00 bits per heavy atom. The number of carboxylic acids is 1. The van der Waals surface area contributed by atoms with Crippen LogP contribution >= 0.6 is 11.3 Å². The fraction of sp³-hybridized carbons (Fsp3) is 0.286. The maximum absolute atomic E-state index is 11.3. The van der Waals surface area contributed by atoms with Crippen molar-refractivity contribution in [1.29, 1.82) is 0 Å². The summed E-state index contributed by atoms with van der Waals surface area (Å²) >= 11 is 1.28. The summed E-state index contributed by atoms with van der Waals surface area (Å²) in [5, 5.41) is 10.1. The van der Waals surface area contributed by atoms with Gasteiger partial charge in [-0.15, -0.1) is 11.3 Å². The maximum Gasteiger partial charge on any atom is 0.348 e. The van der Waals surface area contributed by atoms with E-state index < -0.39 is 5.97 Å². The number of aryl methyl sites for hydroxylation is 2. The number of hydrogen-bond donors (Lipinski definition) is 1. The van der Waals surface area contributed by atoms with Crippen LogP contribution in [0.5, 0.6) is 0 Å².